The molecule has 23 heteroatoms. The lowest BCUT2D eigenvalue weighted by atomic mass is 9.73. The highest BCUT2D eigenvalue weighted by atomic mass is 35.5. The van der Waals surface area contributed by atoms with Crippen LogP contribution in [-0.4, -0.2) is 144 Å². The second-order valence-corrected chi connectivity index (χ2v) is 26.6. The number of sulfone groups is 1. The first-order chi connectivity index (χ1) is 38.1. The Balaban J connectivity index is 0.826. The third-order valence-corrected chi connectivity index (χ3v) is 19.4. The number of aromatic nitrogens is 1. The Bertz CT molecular complexity index is 3290. The van der Waals surface area contributed by atoms with Crippen LogP contribution in [0.2, 0.25) is 5.02 Å². The number of amides is 4. The van der Waals surface area contributed by atoms with Gasteiger partial charge < -0.3 is 15.1 Å². The third-order valence-electron chi connectivity index (χ3n) is 15.1. The van der Waals surface area contributed by atoms with Gasteiger partial charge in [-0.25, -0.2) is 31.3 Å². The van der Waals surface area contributed by atoms with Gasteiger partial charge in [-0.1, -0.05) is 67.4 Å². The number of halogens is 4. The number of carbonyl (C=O) groups excluding carboxylic acids is 3. The summed E-state index contributed by atoms with van der Waals surface area (Å²) in [5, 5.41) is 6.04. The maximum Gasteiger partial charge on any atom is 0.501 e. The number of urea groups is 1. The van der Waals surface area contributed by atoms with E-state index in [9.17, 15) is 44.4 Å². The maximum atomic E-state index is 14.4. The van der Waals surface area contributed by atoms with E-state index in [0.717, 1.165) is 80.3 Å². The molecule has 1 aromatic heterocycles. The normalized spacial score (nSPS) is 18.5. The topological polar surface area (TPSA) is 185 Å². The molecule has 4 aromatic carbocycles. The van der Waals surface area contributed by atoms with Crippen LogP contribution < -0.4 is 25.2 Å². The van der Waals surface area contributed by atoms with Gasteiger partial charge in [0.15, 0.2) is 0 Å². The van der Waals surface area contributed by atoms with Crippen LogP contribution in [-0.2, 0) is 31.2 Å². The van der Waals surface area contributed by atoms with E-state index in [1.165, 1.54) is 45.5 Å². The number of hydrogen-bond donors (Lipinski definition) is 3. The molecule has 3 fully saturated rings. The standard InChI is InChI=1S/C57H65ClF3N9O7S3/c1-56(2)23-20-49(41-9-13-44(58)14-10-41)43(35-56)38-68-30-32-69(33-31-68)46-15-11-42(12-16-46)54(72)65-80(76,77)48-17-18-50(51(34-48)79(74,75)57(59,60)61)63-45(39-78-47-6-4-3-5-7-47)21-24-66-26-28-67(29-27-66)37-40-8-19-52(62-36-40)70-25-22-53(71)64-55(70)73/h3-19,34,36,45,63H,20-33,35,37-39H2,1-2H3,(H,65,72)(H,64,71,73)/t45-/m1/s1. The minimum atomic E-state index is -6.12. The zero-order chi connectivity index (χ0) is 56.8. The summed E-state index contributed by atoms with van der Waals surface area (Å²) in [6, 6.07) is 28.7. The minimum Gasteiger partial charge on any atom is -0.380 e. The first-order valence-corrected chi connectivity index (χ1v) is 30.9. The molecule has 80 heavy (non-hydrogen) atoms. The van der Waals surface area contributed by atoms with Crippen molar-refractivity contribution >= 4 is 83.8 Å². The first-order valence-electron chi connectivity index (χ1n) is 26.6. The SMILES string of the molecule is CC1(C)CCC(c2ccc(Cl)cc2)=C(CN2CCN(c3ccc(C(=O)NS(=O)(=O)c4ccc(N[C@H](CCN5CCN(Cc6ccc(N7CCC(=O)NC7=O)nc6)CC5)CSc5ccccc5)c(S(=O)(=O)C(F)(F)F)c4)cc3)CC2)C1. The predicted octanol–water partition coefficient (Wildman–Crippen LogP) is 9.16. The van der Waals surface area contributed by atoms with Crippen LogP contribution >= 0.6 is 23.4 Å². The Kier molecular flexibility index (Phi) is 18.3. The number of thioether (sulfide) groups is 1. The van der Waals surface area contributed by atoms with Crippen molar-refractivity contribution in [3.63, 3.8) is 0 Å². The summed E-state index contributed by atoms with van der Waals surface area (Å²) in [6.45, 7) is 12.6. The molecular formula is C57H65ClF3N9O7S3. The number of imide groups is 1. The van der Waals surface area contributed by atoms with E-state index in [1.54, 1.807) is 24.4 Å². The maximum absolute atomic E-state index is 14.4. The fourth-order valence-corrected chi connectivity index (χ4v) is 13.7. The number of benzene rings is 4. The highest BCUT2D eigenvalue weighted by molar-refractivity contribution is 7.99. The second-order valence-electron chi connectivity index (χ2n) is 21.4. The number of nitrogens with zero attached hydrogens (tertiary/aromatic N) is 6. The first kappa shape index (κ1) is 58.6. The molecule has 9 rings (SSSR count). The van der Waals surface area contributed by atoms with Gasteiger partial charge in [0.05, 0.1) is 10.6 Å². The summed E-state index contributed by atoms with van der Waals surface area (Å²) in [5.41, 5.74) is -0.232. The molecule has 4 aliphatic rings. The van der Waals surface area contributed by atoms with E-state index in [4.69, 9.17) is 11.6 Å². The van der Waals surface area contributed by atoms with Gasteiger partial charge in [-0.05, 0) is 121 Å². The van der Waals surface area contributed by atoms with Crippen molar-refractivity contribution in [1.29, 1.82) is 0 Å². The molecule has 16 nitrogen and oxygen atoms in total. The van der Waals surface area contributed by atoms with Gasteiger partial charge in [-0.15, -0.1) is 11.8 Å². The fourth-order valence-electron chi connectivity index (χ4n) is 10.5. The molecule has 0 saturated carbocycles. The molecule has 1 atom stereocenters. The van der Waals surface area contributed by atoms with Gasteiger partial charge in [0.25, 0.3) is 25.8 Å². The largest absolute Gasteiger partial charge is 0.501 e. The average molecular weight is 1180 g/mol. The summed E-state index contributed by atoms with van der Waals surface area (Å²) in [5.74, 6) is -0.602. The second kappa shape index (κ2) is 25.0. The number of pyridine rings is 1. The molecule has 426 valence electrons. The molecule has 0 radical (unpaired) electrons. The van der Waals surface area contributed by atoms with E-state index < -0.39 is 58.8 Å². The van der Waals surface area contributed by atoms with E-state index >= 15 is 0 Å². The van der Waals surface area contributed by atoms with Crippen LogP contribution in [0.3, 0.4) is 0 Å². The van der Waals surface area contributed by atoms with Crippen molar-refractivity contribution in [2.45, 2.75) is 78.7 Å². The lowest BCUT2D eigenvalue weighted by Gasteiger charge is -2.39. The molecule has 4 heterocycles. The van der Waals surface area contributed by atoms with Crippen LogP contribution in [0.25, 0.3) is 5.57 Å². The third kappa shape index (κ3) is 14.7. The van der Waals surface area contributed by atoms with Crippen LogP contribution in [0, 0.1) is 5.41 Å². The number of allylic oxidation sites excluding steroid dienone is 1. The van der Waals surface area contributed by atoms with E-state index in [2.05, 4.69) is 61.2 Å². The lowest BCUT2D eigenvalue weighted by Crippen LogP contribution is -2.49. The molecule has 3 N–H and O–H groups in total. The van der Waals surface area contributed by atoms with E-state index in [0.29, 0.717) is 68.3 Å². The summed E-state index contributed by atoms with van der Waals surface area (Å²) in [6.07, 6.45) is 5.40. The number of hydrogen-bond acceptors (Lipinski definition) is 14. The molecule has 5 aromatic rings. The number of sulfonamides is 1. The fraction of sp³-hybridized carbons (Fsp3) is 0.404. The number of nitrogens with one attached hydrogen (secondary N) is 3. The van der Waals surface area contributed by atoms with Crippen LogP contribution in [0.4, 0.5) is 35.2 Å². The number of alkyl halides is 3. The van der Waals surface area contributed by atoms with E-state index in [1.807, 2.05) is 53.3 Å². The summed E-state index contributed by atoms with van der Waals surface area (Å²) in [4.78, 5) is 51.1. The molecule has 0 bridgehead atoms. The lowest BCUT2D eigenvalue weighted by molar-refractivity contribution is -0.120. The molecular weight excluding hydrogens is 1110 g/mol. The summed E-state index contributed by atoms with van der Waals surface area (Å²) < 4.78 is 99.4. The summed E-state index contributed by atoms with van der Waals surface area (Å²) in [7, 11) is -11.0. The zero-order valence-electron chi connectivity index (χ0n) is 44.6. The number of rotatable bonds is 19. The van der Waals surface area contributed by atoms with Crippen LogP contribution in [0.1, 0.15) is 67.4 Å². The molecule has 0 unspecified atom stereocenters. The van der Waals surface area contributed by atoms with Crippen molar-refractivity contribution in [1.82, 2.24) is 29.7 Å². The molecule has 3 saturated heterocycles. The van der Waals surface area contributed by atoms with Gasteiger partial charge in [-0.2, -0.15) is 13.2 Å². The number of carbonyl (C=O) groups is 3. The van der Waals surface area contributed by atoms with Crippen LogP contribution in [0.5, 0.6) is 0 Å². The molecule has 1 aliphatic carbocycles. The van der Waals surface area contributed by atoms with E-state index in [-0.39, 0.29) is 29.9 Å². The monoisotopic (exact) mass is 1180 g/mol. The minimum absolute atomic E-state index is 0.0201. The molecule has 0 spiro atoms. The number of piperazine rings is 2. The zero-order valence-corrected chi connectivity index (χ0v) is 47.8. The number of anilines is 3. The quantitative estimate of drug-likeness (QED) is 0.0665. The van der Waals surface area contributed by atoms with Crippen molar-refractivity contribution in [2.24, 2.45) is 5.41 Å². The Morgan fingerprint density at radius 3 is 2.14 bits per heavy atom. The average Bonchev–Trinajstić information content (AvgIpc) is 3.44. The van der Waals surface area contributed by atoms with Gasteiger partial charge in [-0.3, -0.25) is 29.6 Å². The van der Waals surface area contributed by atoms with Crippen molar-refractivity contribution in [2.75, 3.05) is 92.9 Å². The molecule has 3 aliphatic heterocycles. The molecule has 4 amide bonds. The summed E-state index contributed by atoms with van der Waals surface area (Å²) >= 11 is 7.64. The Morgan fingerprint density at radius 1 is 0.800 bits per heavy atom. The Labute approximate surface area is 475 Å². The predicted molar refractivity (Wildman–Crippen MR) is 306 cm³/mol. The Morgan fingerprint density at radius 2 is 1.48 bits per heavy atom. The van der Waals surface area contributed by atoms with Crippen molar-refractivity contribution < 1.29 is 44.4 Å². The van der Waals surface area contributed by atoms with Gasteiger partial charge >= 0.3 is 11.5 Å². The van der Waals surface area contributed by atoms with Gasteiger partial charge in [0.2, 0.25) is 5.91 Å². The van der Waals surface area contributed by atoms with Gasteiger partial charge in [0, 0.05) is 124 Å². The van der Waals surface area contributed by atoms with Crippen molar-refractivity contribution in [3.8, 4) is 0 Å². The van der Waals surface area contributed by atoms with Crippen LogP contribution in [0.15, 0.2) is 136 Å². The van der Waals surface area contributed by atoms with Gasteiger partial charge in [0.1, 0.15) is 10.7 Å². The highest BCUT2D eigenvalue weighted by Crippen LogP contribution is 2.43. The van der Waals surface area contributed by atoms with Crippen molar-refractivity contribution in [3.05, 3.63) is 143 Å². The Hall–Kier alpha value is -6.01. The smallest absolute Gasteiger partial charge is 0.380 e. The highest BCUT2D eigenvalue weighted by Gasteiger charge is 2.48.